The van der Waals surface area contributed by atoms with Crippen molar-refractivity contribution in [2.45, 2.75) is 59.0 Å². The first-order chi connectivity index (χ1) is 15.7. The Balaban J connectivity index is 1.93. The third kappa shape index (κ3) is 6.08. The summed E-state index contributed by atoms with van der Waals surface area (Å²) in [4.78, 5) is 30.2. The quantitative estimate of drug-likeness (QED) is 0.499. The topological polar surface area (TPSA) is 52.7 Å². The Morgan fingerprint density at radius 1 is 1.06 bits per heavy atom. The number of nitrogens with one attached hydrogen (secondary N) is 1. The molecule has 33 heavy (non-hydrogen) atoms. The third-order valence-corrected chi connectivity index (χ3v) is 7.05. The van der Waals surface area contributed by atoms with Crippen LogP contribution in [0.3, 0.4) is 0 Å². The zero-order valence-corrected chi connectivity index (χ0v) is 21.2. The van der Waals surface area contributed by atoms with Crippen molar-refractivity contribution >= 4 is 34.8 Å². The molecule has 6 heteroatoms. The highest BCUT2D eigenvalue weighted by Gasteiger charge is 2.27. The van der Waals surface area contributed by atoms with E-state index in [2.05, 4.69) is 26.1 Å². The van der Waals surface area contributed by atoms with Crippen molar-refractivity contribution in [3.05, 3.63) is 58.6 Å². The molecule has 3 rings (SSSR count). The molecular formula is C27H36ClN3O2. The molecule has 0 saturated heterocycles. The highest BCUT2D eigenvalue weighted by Crippen LogP contribution is 2.30. The molecule has 1 atom stereocenters. The van der Waals surface area contributed by atoms with Crippen molar-refractivity contribution in [2.24, 2.45) is 11.8 Å². The fourth-order valence-electron chi connectivity index (χ4n) is 4.39. The van der Waals surface area contributed by atoms with Crippen LogP contribution in [0.25, 0.3) is 0 Å². The Labute approximate surface area is 203 Å². The van der Waals surface area contributed by atoms with E-state index in [0.29, 0.717) is 17.1 Å². The molecule has 0 bridgehead atoms. The van der Waals surface area contributed by atoms with Gasteiger partial charge in [-0.1, -0.05) is 50.4 Å². The molecule has 1 aliphatic carbocycles. The Hall–Kier alpha value is -2.53. The molecule has 0 aliphatic heterocycles. The monoisotopic (exact) mass is 469 g/mol. The van der Waals surface area contributed by atoms with Crippen LogP contribution in [0.15, 0.2) is 42.5 Å². The molecule has 5 nitrogen and oxygen atoms in total. The molecule has 0 aromatic heterocycles. The molecule has 2 aromatic rings. The number of anilines is 2. The summed E-state index contributed by atoms with van der Waals surface area (Å²) in [5.74, 6) is 0.369. The van der Waals surface area contributed by atoms with Gasteiger partial charge in [0, 0.05) is 44.0 Å². The maximum Gasteiger partial charge on any atom is 0.255 e. The molecule has 1 N–H and O–H groups in total. The van der Waals surface area contributed by atoms with Crippen molar-refractivity contribution in [3.8, 4) is 0 Å². The summed E-state index contributed by atoms with van der Waals surface area (Å²) in [5.41, 5.74) is 3.28. The lowest BCUT2D eigenvalue weighted by Crippen LogP contribution is -2.41. The minimum absolute atomic E-state index is 0.000483. The van der Waals surface area contributed by atoms with Crippen LogP contribution in [0, 0.1) is 11.8 Å². The summed E-state index contributed by atoms with van der Waals surface area (Å²) >= 11 is 6.37. The number of carbonyl (C=O) groups is 2. The van der Waals surface area contributed by atoms with Crippen LogP contribution in [0.2, 0.25) is 5.02 Å². The van der Waals surface area contributed by atoms with Crippen LogP contribution >= 0.6 is 11.6 Å². The Morgan fingerprint density at radius 2 is 1.73 bits per heavy atom. The summed E-state index contributed by atoms with van der Waals surface area (Å²) in [6.45, 7) is 6.72. The van der Waals surface area contributed by atoms with Gasteiger partial charge in [-0.3, -0.25) is 9.59 Å². The summed E-state index contributed by atoms with van der Waals surface area (Å²) in [6.07, 6.45) is 4.16. The molecule has 1 fully saturated rings. The van der Waals surface area contributed by atoms with E-state index in [0.717, 1.165) is 42.6 Å². The van der Waals surface area contributed by atoms with Gasteiger partial charge in [-0.25, -0.2) is 0 Å². The average molecular weight is 470 g/mol. The van der Waals surface area contributed by atoms with Gasteiger partial charge in [0.2, 0.25) is 5.91 Å². The Kier molecular flexibility index (Phi) is 8.41. The zero-order chi connectivity index (χ0) is 24.1. The van der Waals surface area contributed by atoms with Crippen LogP contribution in [0.4, 0.5) is 11.4 Å². The number of rotatable bonds is 8. The normalized spacial score (nSPS) is 14.9. The predicted octanol–water partition coefficient (Wildman–Crippen LogP) is 6.22. The Morgan fingerprint density at radius 3 is 2.33 bits per heavy atom. The van der Waals surface area contributed by atoms with Crippen LogP contribution in [-0.2, 0) is 11.3 Å². The maximum atomic E-state index is 13.6. The maximum absolute atomic E-state index is 13.6. The van der Waals surface area contributed by atoms with Crippen molar-refractivity contribution in [3.63, 3.8) is 0 Å². The van der Waals surface area contributed by atoms with E-state index in [1.165, 1.54) is 0 Å². The number of nitrogens with zero attached hydrogens (tertiary/aromatic N) is 2. The van der Waals surface area contributed by atoms with E-state index >= 15 is 0 Å². The predicted molar refractivity (Wildman–Crippen MR) is 137 cm³/mol. The number of hydrogen-bond acceptors (Lipinski definition) is 3. The van der Waals surface area contributed by atoms with Gasteiger partial charge >= 0.3 is 0 Å². The first kappa shape index (κ1) is 25.1. The molecule has 1 aliphatic rings. The van der Waals surface area contributed by atoms with Gasteiger partial charge < -0.3 is 15.1 Å². The van der Waals surface area contributed by atoms with Gasteiger partial charge in [0.25, 0.3) is 5.91 Å². The van der Waals surface area contributed by atoms with Crippen molar-refractivity contribution < 1.29 is 9.59 Å². The Bertz CT molecular complexity index is 983. The first-order valence-electron chi connectivity index (χ1n) is 11.9. The first-order valence-corrected chi connectivity index (χ1v) is 12.2. The van der Waals surface area contributed by atoms with Gasteiger partial charge in [-0.2, -0.15) is 0 Å². The molecule has 1 saturated carbocycles. The fraction of sp³-hybridized carbons (Fsp3) is 0.481. The molecule has 2 amide bonds. The van der Waals surface area contributed by atoms with Crippen LogP contribution in [-0.4, -0.2) is 36.9 Å². The molecule has 0 heterocycles. The summed E-state index contributed by atoms with van der Waals surface area (Å²) in [7, 11) is 3.98. The molecule has 178 valence electrons. The van der Waals surface area contributed by atoms with E-state index in [4.69, 9.17) is 11.6 Å². The second-order valence-electron chi connectivity index (χ2n) is 9.61. The minimum Gasteiger partial charge on any atom is -0.377 e. The molecule has 0 unspecified atom stereocenters. The minimum atomic E-state index is -0.0908. The number of amides is 2. The summed E-state index contributed by atoms with van der Waals surface area (Å²) < 4.78 is 0. The number of halogens is 1. The van der Waals surface area contributed by atoms with E-state index < -0.39 is 0 Å². The lowest BCUT2D eigenvalue weighted by molar-refractivity contribution is -0.119. The lowest BCUT2D eigenvalue weighted by atomic mass is 10.0. The third-order valence-electron chi connectivity index (χ3n) is 6.72. The van der Waals surface area contributed by atoms with Gasteiger partial charge in [0.15, 0.2) is 0 Å². The SMILES string of the molecule is CC(C)[C@H](C)N(Cc1cc(NC(=O)C2CCCC2)ccc1N(C)C)C(=O)c1ccccc1Cl. The van der Waals surface area contributed by atoms with Crippen LogP contribution < -0.4 is 10.2 Å². The molecule has 0 spiro atoms. The van der Waals surface area contributed by atoms with Crippen molar-refractivity contribution in [1.82, 2.24) is 4.90 Å². The van der Waals surface area contributed by atoms with E-state index in [-0.39, 0.29) is 29.7 Å². The van der Waals surface area contributed by atoms with Gasteiger partial charge in [-0.05, 0) is 61.6 Å². The number of carbonyl (C=O) groups excluding carboxylic acids is 2. The smallest absolute Gasteiger partial charge is 0.255 e. The van der Waals surface area contributed by atoms with E-state index in [1.807, 2.05) is 54.2 Å². The van der Waals surface area contributed by atoms with Gasteiger partial charge in [0.05, 0.1) is 10.6 Å². The average Bonchev–Trinajstić information content (AvgIpc) is 3.32. The van der Waals surface area contributed by atoms with Gasteiger partial charge in [0.1, 0.15) is 0 Å². The highest BCUT2D eigenvalue weighted by molar-refractivity contribution is 6.33. The number of benzene rings is 2. The lowest BCUT2D eigenvalue weighted by Gasteiger charge is -2.33. The second kappa shape index (κ2) is 11.1. The standard InChI is InChI=1S/C27H36ClN3O2/c1-18(2)19(3)31(27(33)23-12-8-9-13-24(23)28)17-21-16-22(14-15-25(21)30(4)5)29-26(32)20-10-6-7-11-20/h8-9,12-16,18-20H,6-7,10-11,17H2,1-5H3,(H,29,32)/t19-/m0/s1. The van der Waals surface area contributed by atoms with Crippen molar-refractivity contribution in [2.75, 3.05) is 24.3 Å². The molecule has 0 radical (unpaired) electrons. The summed E-state index contributed by atoms with van der Waals surface area (Å²) in [5, 5.41) is 3.56. The molecule has 2 aromatic carbocycles. The fourth-order valence-corrected chi connectivity index (χ4v) is 4.61. The largest absolute Gasteiger partial charge is 0.377 e. The number of hydrogen-bond donors (Lipinski definition) is 1. The zero-order valence-electron chi connectivity index (χ0n) is 20.4. The van der Waals surface area contributed by atoms with E-state index in [9.17, 15) is 9.59 Å². The van der Waals surface area contributed by atoms with Gasteiger partial charge in [-0.15, -0.1) is 0 Å². The van der Waals surface area contributed by atoms with E-state index in [1.54, 1.807) is 12.1 Å². The van der Waals surface area contributed by atoms with Crippen molar-refractivity contribution in [1.29, 1.82) is 0 Å². The second-order valence-corrected chi connectivity index (χ2v) is 10.0. The molecular weight excluding hydrogens is 434 g/mol. The highest BCUT2D eigenvalue weighted by atomic mass is 35.5. The summed E-state index contributed by atoms with van der Waals surface area (Å²) in [6, 6.07) is 13.1. The van der Waals surface area contributed by atoms with Crippen LogP contribution in [0.5, 0.6) is 0 Å². The van der Waals surface area contributed by atoms with Crippen LogP contribution in [0.1, 0.15) is 62.4 Å².